The molecule has 0 amide bonds. The van der Waals surface area contributed by atoms with Gasteiger partial charge in [-0.15, -0.1) is 0 Å². The van der Waals surface area contributed by atoms with Crippen LogP contribution < -0.4 is 9.81 Å². The van der Waals surface area contributed by atoms with E-state index >= 15 is 0 Å². The first-order chi connectivity index (χ1) is 16.6. The van der Waals surface area contributed by atoms with Crippen LogP contribution in [0.2, 0.25) is 0 Å². The predicted molar refractivity (Wildman–Crippen MR) is 122 cm³/mol. The van der Waals surface area contributed by atoms with Crippen LogP contribution in [0.25, 0.3) is 0 Å². The maximum absolute atomic E-state index is 13.7. The van der Waals surface area contributed by atoms with Crippen LogP contribution in [0, 0.1) is 20.8 Å². The molecule has 36 heavy (non-hydrogen) atoms. The third-order valence-corrected chi connectivity index (χ3v) is 23.9. The number of aryl methyl sites for hydroxylation is 3. The molecule has 0 aliphatic rings. The zero-order chi connectivity index (χ0) is 27.0. The molecule has 3 rings (SSSR count). The van der Waals surface area contributed by atoms with Gasteiger partial charge < -0.3 is 0 Å². The van der Waals surface area contributed by atoms with E-state index in [-0.39, 0.29) is 9.81 Å². The van der Waals surface area contributed by atoms with Crippen molar-refractivity contribution in [3.05, 3.63) is 89.5 Å². The van der Waals surface area contributed by atoms with Gasteiger partial charge >= 0.3 is 206 Å². The number of benzene rings is 3. The standard InChI is InChI=1S/3C7H7.2C2HF3O2.Bi/c3*1-7-5-3-2-4-6-7;2*3-2(4,5)1(6)7;/h3*3-6H,1H3;2*(H,6,7);/q;;;;;+2/p-2. The van der Waals surface area contributed by atoms with Gasteiger partial charge in [-0.3, -0.25) is 0 Å². The average molecular weight is 708 g/mol. The summed E-state index contributed by atoms with van der Waals surface area (Å²) < 4.78 is 91.7. The molecule has 0 heterocycles. The van der Waals surface area contributed by atoms with Crippen molar-refractivity contribution in [2.75, 3.05) is 0 Å². The fourth-order valence-corrected chi connectivity index (χ4v) is 21.0. The van der Waals surface area contributed by atoms with Crippen molar-refractivity contribution in [2.45, 2.75) is 33.1 Å². The molecular formula is C25H21BiF6O4. The fraction of sp³-hybridized carbons (Fsp3) is 0.200. The molecule has 0 aliphatic carbocycles. The number of rotatable bonds is 5. The van der Waals surface area contributed by atoms with Crippen molar-refractivity contribution in [3.8, 4) is 0 Å². The molecule has 0 bridgehead atoms. The molecule has 0 aliphatic heterocycles. The molecule has 192 valence electrons. The van der Waals surface area contributed by atoms with Gasteiger partial charge in [-0.1, -0.05) is 0 Å². The van der Waals surface area contributed by atoms with Crippen molar-refractivity contribution in [2.24, 2.45) is 0 Å². The number of carbonyl (C=O) groups is 2. The van der Waals surface area contributed by atoms with Crippen molar-refractivity contribution in [1.29, 1.82) is 0 Å². The summed E-state index contributed by atoms with van der Waals surface area (Å²) in [6, 6.07) is 15.9. The monoisotopic (exact) mass is 708 g/mol. The Hall–Kier alpha value is -2.94. The molecule has 0 aromatic heterocycles. The van der Waals surface area contributed by atoms with Crippen molar-refractivity contribution in [1.82, 2.24) is 0 Å². The molecule has 0 atom stereocenters. The third kappa shape index (κ3) is 4.98. The molecule has 4 nitrogen and oxygen atoms in total. The van der Waals surface area contributed by atoms with Gasteiger partial charge in [0.15, 0.2) is 0 Å². The van der Waals surface area contributed by atoms with E-state index in [1.807, 2.05) is 0 Å². The van der Waals surface area contributed by atoms with E-state index in [1.165, 1.54) is 72.8 Å². The Morgan fingerprint density at radius 1 is 0.528 bits per heavy atom. The van der Waals surface area contributed by atoms with Crippen LogP contribution in [-0.2, 0) is 15.2 Å². The quantitative estimate of drug-likeness (QED) is 0.294. The summed E-state index contributed by atoms with van der Waals surface area (Å²) in [5.74, 6) is -5.54. The molecule has 0 fully saturated rings. The Labute approximate surface area is 205 Å². The Morgan fingerprint density at radius 2 is 0.750 bits per heavy atom. The molecule has 0 N–H and O–H groups in total. The summed E-state index contributed by atoms with van der Waals surface area (Å²) in [6.07, 6.45) is -11.2. The summed E-state index contributed by atoms with van der Waals surface area (Å²) in [6.45, 7) is 4.94. The summed E-state index contributed by atoms with van der Waals surface area (Å²) in [4.78, 5) is 24.9. The van der Waals surface area contributed by atoms with Gasteiger partial charge in [0.25, 0.3) is 0 Å². The van der Waals surface area contributed by atoms with E-state index in [9.17, 15) is 35.9 Å². The number of hydrogen-bond acceptors (Lipinski definition) is 4. The van der Waals surface area contributed by atoms with Gasteiger partial charge in [0.2, 0.25) is 0 Å². The SMILES string of the molecule is Cc1cc[c]([Bi]([O]C(=O)C(F)(F)F)([O]C(=O)C(F)(F)F)([c]2ccc(C)cc2)[c]2ccc(C)cc2)cc1. The van der Waals surface area contributed by atoms with Crippen LogP contribution in [-0.4, -0.2) is 44.0 Å². The van der Waals surface area contributed by atoms with E-state index in [2.05, 4.69) is 0 Å². The predicted octanol–water partition coefficient (Wildman–Crippen LogP) is 4.24. The topological polar surface area (TPSA) is 52.6 Å². The van der Waals surface area contributed by atoms with E-state index < -0.39 is 44.0 Å². The van der Waals surface area contributed by atoms with Gasteiger partial charge in [-0.25, -0.2) is 0 Å². The molecule has 3 aromatic rings. The number of carbonyl (C=O) groups excluding carboxylic acids is 2. The van der Waals surface area contributed by atoms with Crippen molar-refractivity contribution < 1.29 is 41.6 Å². The van der Waals surface area contributed by atoms with Crippen LogP contribution in [0.4, 0.5) is 26.3 Å². The van der Waals surface area contributed by atoms with E-state index in [0.29, 0.717) is 16.7 Å². The Balaban J connectivity index is 2.62. The van der Waals surface area contributed by atoms with Crippen LogP contribution >= 0.6 is 0 Å². The van der Waals surface area contributed by atoms with E-state index in [1.54, 1.807) is 20.8 Å². The van der Waals surface area contributed by atoms with Gasteiger partial charge in [-0.05, 0) is 0 Å². The van der Waals surface area contributed by atoms with Crippen LogP contribution in [0.5, 0.6) is 0 Å². The van der Waals surface area contributed by atoms with Crippen LogP contribution in [0.15, 0.2) is 72.8 Å². The molecule has 0 saturated heterocycles. The zero-order valence-corrected chi connectivity index (χ0v) is 22.8. The first-order valence-corrected chi connectivity index (χ1v) is 18.5. The second-order valence-corrected chi connectivity index (χ2v) is 23.1. The van der Waals surface area contributed by atoms with E-state index in [0.717, 1.165) is 0 Å². The molecule has 0 unspecified atom stereocenters. The van der Waals surface area contributed by atoms with Gasteiger partial charge in [0.1, 0.15) is 0 Å². The third-order valence-electron chi connectivity index (χ3n) is 5.49. The van der Waals surface area contributed by atoms with Crippen LogP contribution in [0.3, 0.4) is 0 Å². The molecular weight excluding hydrogens is 687 g/mol. The second-order valence-electron chi connectivity index (χ2n) is 8.22. The van der Waals surface area contributed by atoms with Gasteiger partial charge in [0.05, 0.1) is 0 Å². The zero-order valence-electron chi connectivity index (χ0n) is 19.3. The number of hydrogen-bond donors (Lipinski definition) is 0. The normalized spacial score (nSPS) is 13.4. The Morgan fingerprint density at radius 3 is 0.944 bits per heavy atom. The fourth-order valence-electron chi connectivity index (χ4n) is 3.65. The van der Waals surface area contributed by atoms with Gasteiger partial charge in [-0.2, -0.15) is 0 Å². The molecule has 11 heteroatoms. The average Bonchev–Trinajstić information content (AvgIpc) is 2.78. The first-order valence-electron chi connectivity index (χ1n) is 10.5. The van der Waals surface area contributed by atoms with Gasteiger partial charge in [0, 0.05) is 0 Å². The maximum atomic E-state index is 13.7. The summed E-state index contributed by atoms with van der Waals surface area (Å²) in [5.41, 5.74) is 1.85. The minimum absolute atomic E-state index is 0.255. The summed E-state index contributed by atoms with van der Waals surface area (Å²) in [7, 11) is 0. The summed E-state index contributed by atoms with van der Waals surface area (Å²) >= 11 is -7.46. The van der Waals surface area contributed by atoms with Crippen molar-refractivity contribution >= 4 is 41.4 Å². The molecule has 0 saturated carbocycles. The number of halogens is 6. The molecule has 0 spiro atoms. The van der Waals surface area contributed by atoms with Crippen LogP contribution in [0.1, 0.15) is 16.7 Å². The minimum atomic E-state index is -7.46. The number of alkyl halides is 6. The van der Waals surface area contributed by atoms with Crippen molar-refractivity contribution in [3.63, 3.8) is 0 Å². The summed E-state index contributed by atoms with van der Waals surface area (Å²) in [5, 5.41) is 0. The molecule has 0 radical (unpaired) electrons. The Kier molecular flexibility index (Phi) is 7.30. The Bertz CT molecular complexity index is 1120. The molecule has 3 aromatic carbocycles. The first kappa shape index (κ1) is 27.6. The van der Waals surface area contributed by atoms with E-state index in [4.69, 9.17) is 5.63 Å². The second kappa shape index (κ2) is 9.50.